The van der Waals surface area contributed by atoms with Crippen LogP contribution in [0.4, 0.5) is 11.8 Å². The standard InChI is InChI=1S/C14H18N8O/c1-7-6-9(20-19-7)11-10-12(15)17-14(16)18-13(10)22(21-11)8-2-4-23-5-3-8/h6,8H,2-5H2,1H3,(H,19,20)(H4,15,16,17,18). The van der Waals surface area contributed by atoms with Gasteiger partial charge in [-0.25, -0.2) is 4.68 Å². The summed E-state index contributed by atoms with van der Waals surface area (Å²) in [4.78, 5) is 8.45. The normalized spacial score (nSPS) is 16.2. The maximum atomic E-state index is 6.10. The monoisotopic (exact) mass is 314 g/mol. The lowest BCUT2D eigenvalue weighted by atomic mass is 10.1. The van der Waals surface area contributed by atoms with Gasteiger partial charge in [0.25, 0.3) is 0 Å². The van der Waals surface area contributed by atoms with Crippen molar-refractivity contribution in [2.24, 2.45) is 0 Å². The summed E-state index contributed by atoms with van der Waals surface area (Å²) in [5.74, 6) is 0.467. The van der Waals surface area contributed by atoms with Crippen molar-refractivity contribution in [1.82, 2.24) is 29.9 Å². The average Bonchev–Trinajstić information content (AvgIpc) is 3.12. The molecule has 0 amide bonds. The van der Waals surface area contributed by atoms with Crippen molar-refractivity contribution in [2.75, 3.05) is 24.7 Å². The van der Waals surface area contributed by atoms with Crippen LogP contribution in [0.1, 0.15) is 24.6 Å². The zero-order valence-corrected chi connectivity index (χ0v) is 12.8. The van der Waals surface area contributed by atoms with E-state index in [9.17, 15) is 0 Å². The number of aryl methyl sites for hydroxylation is 1. The van der Waals surface area contributed by atoms with Crippen LogP contribution >= 0.6 is 0 Å². The fourth-order valence-corrected chi connectivity index (χ4v) is 2.98. The highest BCUT2D eigenvalue weighted by molar-refractivity contribution is 5.98. The molecule has 3 aromatic heterocycles. The molecule has 5 N–H and O–H groups in total. The van der Waals surface area contributed by atoms with Gasteiger partial charge in [-0.2, -0.15) is 20.2 Å². The number of aromatic amines is 1. The lowest BCUT2D eigenvalue weighted by Gasteiger charge is -2.22. The molecule has 0 unspecified atom stereocenters. The van der Waals surface area contributed by atoms with Crippen LogP contribution < -0.4 is 11.5 Å². The number of aromatic nitrogens is 6. The molecular weight excluding hydrogens is 296 g/mol. The second kappa shape index (κ2) is 5.20. The van der Waals surface area contributed by atoms with Crippen molar-refractivity contribution in [2.45, 2.75) is 25.8 Å². The predicted octanol–water partition coefficient (Wildman–Crippen LogP) is 1.04. The van der Waals surface area contributed by atoms with Crippen LogP contribution in [0.25, 0.3) is 22.4 Å². The molecule has 0 atom stereocenters. The Balaban J connectivity index is 1.96. The van der Waals surface area contributed by atoms with Gasteiger partial charge in [-0.3, -0.25) is 5.10 Å². The van der Waals surface area contributed by atoms with Crippen LogP contribution in [-0.4, -0.2) is 43.2 Å². The van der Waals surface area contributed by atoms with Crippen molar-refractivity contribution in [3.8, 4) is 11.4 Å². The van der Waals surface area contributed by atoms with E-state index in [2.05, 4.69) is 20.2 Å². The highest BCUT2D eigenvalue weighted by Gasteiger charge is 2.25. The quantitative estimate of drug-likeness (QED) is 0.643. The maximum absolute atomic E-state index is 6.10. The van der Waals surface area contributed by atoms with Crippen molar-refractivity contribution in [1.29, 1.82) is 0 Å². The molecule has 1 aliphatic rings. The molecule has 1 aliphatic heterocycles. The lowest BCUT2D eigenvalue weighted by Crippen LogP contribution is -2.21. The van der Waals surface area contributed by atoms with Gasteiger partial charge in [-0.05, 0) is 25.8 Å². The Kier molecular flexibility index (Phi) is 3.15. The topological polar surface area (TPSA) is 134 Å². The molecule has 0 aliphatic carbocycles. The van der Waals surface area contributed by atoms with Crippen LogP contribution in [0.15, 0.2) is 6.07 Å². The number of nitrogens with one attached hydrogen (secondary N) is 1. The first-order valence-corrected chi connectivity index (χ1v) is 7.55. The molecule has 3 aromatic rings. The molecule has 0 radical (unpaired) electrons. The Labute approximate surface area is 132 Å². The van der Waals surface area contributed by atoms with E-state index < -0.39 is 0 Å². The summed E-state index contributed by atoms with van der Waals surface area (Å²) in [6.07, 6.45) is 1.75. The van der Waals surface area contributed by atoms with Gasteiger partial charge in [0, 0.05) is 18.9 Å². The second-order valence-corrected chi connectivity index (χ2v) is 5.74. The number of nitrogens with two attached hydrogens (primary N) is 2. The minimum atomic E-state index is 0.146. The smallest absolute Gasteiger partial charge is 0.224 e. The summed E-state index contributed by atoms with van der Waals surface area (Å²) in [7, 11) is 0. The summed E-state index contributed by atoms with van der Waals surface area (Å²) >= 11 is 0. The van der Waals surface area contributed by atoms with Crippen LogP contribution in [0.2, 0.25) is 0 Å². The molecular formula is C14H18N8O. The van der Waals surface area contributed by atoms with E-state index in [0.717, 1.165) is 24.2 Å². The second-order valence-electron chi connectivity index (χ2n) is 5.74. The highest BCUT2D eigenvalue weighted by Crippen LogP contribution is 2.33. The first kappa shape index (κ1) is 13.9. The minimum Gasteiger partial charge on any atom is -0.383 e. The van der Waals surface area contributed by atoms with E-state index in [-0.39, 0.29) is 12.0 Å². The SMILES string of the molecule is Cc1cc(-c2nn(C3CCOCC3)c3nc(N)nc(N)c23)n[nH]1. The molecule has 0 aromatic carbocycles. The number of ether oxygens (including phenoxy) is 1. The van der Waals surface area contributed by atoms with E-state index in [1.165, 1.54) is 0 Å². The molecule has 4 rings (SSSR count). The van der Waals surface area contributed by atoms with Gasteiger partial charge in [-0.15, -0.1) is 0 Å². The van der Waals surface area contributed by atoms with Crippen LogP contribution in [0, 0.1) is 6.92 Å². The van der Waals surface area contributed by atoms with Gasteiger partial charge in [0.15, 0.2) is 5.65 Å². The molecule has 0 spiro atoms. The van der Waals surface area contributed by atoms with Gasteiger partial charge in [-0.1, -0.05) is 0 Å². The Morgan fingerprint density at radius 3 is 2.74 bits per heavy atom. The summed E-state index contributed by atoms with van der Waals surface area (Å²) < 4.78 is 7.33. The molecule has 23 heavy (non-hydrogen) atoms. The van der Waals surface area contributed by atoms with Crippen molar-refractivity contribution in [3.05, 3.63) is 11.8 Å². The van der Waals surface area contributed by atoms with E-state index in [4.69, 9.17) is 21.3 Å². The summed E-state index contributed by atoms with van der Waals surface area (Å²) in [5, 5.41) is 12.6. The highest BCUT2D eigenvalue weighted by atomic mass is 16.5. The van der Waals surface area contributed by atoms with E-state index in [1.54, 1.807) is 0 Å². The zero-order valence-electron chi connectivity index (χ0n) is 12.8. The van der Waals surface area contributed by atoms with E-state index in [0.29, 0.717) is 35.8 Å². The van der Waals surface area contributed by atoms with Gasteiger partial charge in [0.2, 0.25) is 5.95 Å². The third kappa shape index (κ3) is 2.29. The first-order chi connectivity index (χ1) is 11.1. The van der Waals surface area contributed by atoms with Gasteiger partial charge >= 0.3 is 0 Å². The number of hydrogen-bond acceptors (Lipinski definition) is 7. The van der Waals surface area contributed by atoms with Crippen LogP contribution in [0.5, 0.6) is 0 Å². The molecule has 1 saturated heterocycles. The largest absolute Gasteiger partial charge is 0.383 e. The number of hydrogen-bond donors (Lipinski definition) is 3. The van der Waals surface area contributed by atoms with Crippen LogP contribution in [-0.2, 0) is 4.74 Å². The van der Waals surface area contributed by atoms with Crippen LogP contribution in [0.3, 0.4) is 0 Å². The molecule has 120 valence electrons. The number of fused-ring (bicyclic) bond motifs is 1. The number of nitrogen functional groups attached to an aromatic ring is 2. The fraction of sp³-hybridized carbons (Fsp3) is 0.429. The average molecular weight is 314 g/mol. The minimum absolute atomic E-state index is 0.146. The Hall–Kier alpha value is -2.68. The predicted molar refractivity (Wildman–Crippen MR) is 85.6 cm³/mol. The Bertz CT molecular complexity index is 861. The number of anilines is 2. The van der Waals surface area contributed by atoms with Gasteiger partial charge in [0.05, 0.1) is 11.4 Å². The molecule has 9 heteroatoms. The van der Waals surface area contributed by atoms with Gasteiger partial charge < -0.3 is 16.2 Å². The molecule has 1 fully saturated rings. The Morgan fingerprint density at radius 1 is 1.26 bits per heavy atom. The lowest BCUT2D eigenvalue weighted by molar-refractivity contribution is 0.0674. The third-order valence-electron chi connectivity index (χ3n) is 4.08. The first-order valence-electron chi connectivity index (χ1n) is 7.55. The molecule has 9 nitrogen and oxygen atoms in total. The summed E-state index contributed by atoms with van der Waals surface area (Å²) in [6, 6.07) is 2.13. The number of nitrogens with zero attached hydrogens (tertiary/aromatic N) is 5. The van der Waals surface area contributed by atoms with Crippen molar-refractivity contribution < 1.29 is 4.74 Å². The van der Waals surface area contributed by atoms with Crippen molar-refractivity contribution in [3.63, 3.8) is 0 Å². The molecule has 0 bridgehead atoms. The van der Waals surface area contributed by atoms with Gasteiger partial charge in [0.1, 0.15) is 17.2 Å². The van der Waals surface area contributed by atoms with E-state index >= 15 is 0 Å². The Morgan fingerprint density at radius 2 is 2.04 bits per heavy atom. The molecule has 4 heterocycles. The fourth-order valence-electron chi connectivity index (χ4n) is 2.98. The number of H-pyrrole nitrogens is 1. The zero-order chi connectivity index (χ0) is 16.0. The summed E-state index contributed by atoms with van der Waals surface area (Å²) in [6.45, 7) is 3.35. The molecule has 0 saturated carbocycles. The number of rotatable bonds is 2. The maximum Gasteiger partial charge on any atom is 0.224 e. The third-order valence-corrected chi connectivity index (χ3v) is 4.08. The summed E-state index contributed by atoms with van der Waals surface area (Å²) in [5.41, 5.74) is 14.9. The van der Waals surface area contributed by atoms with E-state index in [1.807, 2.05) is 17.7 Å². The van der Waals surface area contributed by atoms with Crippen molar-refractivity contribution >= 4 is 22.8 Å².